The zero-order valence-electron chi connectivity index (χ0n) is 9.87. The molecule has 0 aromatic heterocycles. The van der Waals surface area contributed by atoms with Crippen molar-refractivity contribution in [2.45, 2.75) is 26.2 Å². The van der Waals surface area contributed by atoms with Crippen LogP contribution < -0.4 is 5.32 Å². The summed E-state index contributed by atoms with van der Waals surface area (Å²) >= 11 is 3.42. The third-order valence-electron chi connectivity index (χ3n) is 3.09. The van der Waals surface area contributed by atoms with Crippen molar-refractivity contribution in [2.75, 3.05) is 5.32 Å². The summed E-state index contributed by atoms with van der Waals surface area (Å²) in [5, 5.41) is 3.19. The van der Waals surface area contributed by atoms with Crippen molar-refractivity contribution < 1.29 is 4.79 Å². The van der Waals surface area contributed by atoms with Crippen LogP contribution in [-0.4, -0.2) is 5.78 Å². The van der Waals surface area contributed by atoms with Gasteiger partial charge in [-0.25, -0.2) is 0 Å². The highest BCUT2D eigenvalue weighted by molar-refractivity contribution is 9.10. The topological polar surface area (TPSA) is 29.1 Å². The number of nitrogens with one attached hydrogen (secondary N) is 1. The van der Waals surface area contributed by atoms with Crippen molar-refractivity contribution in [3.63, 3.8) is 0 Å². The fourth-order valence-electron chi connectivity index (χ4n) is 2.06. The predicted molar refractivity (Wildman–Crippen MR) is 73.9 cm³/mol. The third-order valence-corrected chi connectivity index (χ3v) is 3.58. The van der Waals surface area contributed by atoms with Crippen LogP contribution in [0.25, 0.3) is 0 Å². The van der Waals surface area contributed by atoms with Crippen LogP contribution >= 0.6 is 15.9 Å². The van der Waals surface area contributed by atoms with E-state index in [0.29, 0.717) is 5.78 Å². The van der Waals surface area contributed by atoms with Crippen LogP contribution in [0.5, 0.6) is 0 Å². The highest BCUT2D eigenvalue weighted by atomic mass is 79.9. The second-order valence-corrected chi connectivity index (χ2v) is 5.40. The van der Waals surface area contributed by atoms with E-state index in [-0.39, 0.29) is 5.92 Å². The van der Waals surface area contributed by atoms with Gasteiger partial charge >= 0.3 is 0 Å². The molecule has 0 radical (unpaired) electrons. The highest BCUT2D eigenvalue weighted by Gasteiger charge is 2.22. The minimum absolute atomic E-state index is 0.180. The molecule has 0 spiro atoms. The average molecular weight is 294 g/mol. The molecule has 1 saturated carbocycles. The molecule has 0 unspecified atom stereocenters. The number of anilines is 1. The molecule has 0 aliphatic heterocycles. The molecule has 1 aromatic rings. The molecule has 1 fully saturated rings. The van der Waals surface area contributed by atoms with E-state index in [0.717, 1.165) is 35.0 Å². The van der Waals surface area contributed by atoms with Gasteiger partial charge in [0.15, 0.2) is 5.78 Å². The van der Waals surface area contributed by atoms with E-state index in [2.05, 4.69) is 21.2 Å². The Morgan fingerprint density at radius 3 is 3.06 bits per heavy atom. The summed E-state index contributed by atoms with van der Waals surface area (Å²) in [6.07, 6.45) is 4.88. The first-order valence-electron chi connectivity index (χ1n) is 5.92. The first-order valence-corrected chi connectivity index (χ1v) is 6.71. The van der Waals surface area contributed by atoms with Gasteiger partial charge in [-0.1, -0.05) is 28.9 Å². The number of carbonyl (C=O) groups is 1. The summed E-state index contributed by atoms with van der Waals surface area (Å²) in [7, 11) is 0. The molecule has 0 bridgehead atoms. The SMILES string of the molecule is C[C@@H]1CCC/C(=C/Nc2cccc(Br)c2)C1=O. The van der Waals surface area contributed by atoms with Crippen LogP contribution in [0.3, 0.4) is 0 Å². The number of carbonyl (C=O) groups excluding carboxylic acids is 1. The van der Waals surface area contributed by atoms with Gasteiger partial charge in [0.2, 0.25) is 0 Å². The van der Waals surface area contributed by atoms with Crippen molar-refractivity contribution in [3.8, 4) is 0 Å². The molecular formula is C14H16BrNO. The first-order chi connectivity index (χ1) is 8.16. The summed E-state index contributed by atoms with van der Waals surface area (Å²) in [5.74, 6) is 0.470. The molecule has 2 nitrogen and oxygen atoms in total. The second kappa shape index (κ2) is 5.50. The Labute approximate surface area is 110 Å². The summed E-state index contributed by atoms with van der Waals surface area (Å²) in [4.78, 5) is 11.9. The summed E-state index contributed by atoms with van der Waals surface area (Å²) < 4.78 is 1.03. The van der Waals surface area contributed by atoms with E-state index in [9.17, 15) is 4.79 Å². The van der Waals surface area contributed by atoms with Crippen molar-refractivity contribution >= 4 is 27.4 Å². The molecule has 1 N–H and O–H groups in total. The monoisotopic (exact) mass is 293 g/mol. The van der Waals surface area contributed by atoms with E-state index in [1.54, 1.807) is 0 Å². The number of hydrogen-bond donors (Lipinski definition) is 1. The number of halogens is 1. The maximum absolute atomic E-state index is 11.9. The number of Topliss-reactive ketones (excluding diaryl/α,β-unsaturated/α-hetero) is 1. The van der Waals surface area contributed by atoms with Gasteiger partial charge in [0.05, 0.1) is 0 Å². The third kappa shape index (κ3) is 3.19. The van der Waals surface area contributed by atoms with Gasteiger partial charge in [-0.3, -0.25) is 4.79 Å². The number of ketones is 1. The minimum atomic E-state index is 0.180. The van der Waals surface area contributed by atoms with E-state index >= 15 is 0 Å². The van der Waals surface area contributed by atoms with Gasteiger partial charge < -0.3 is 5.32 Å². The molecule has 1 aliphatic carbocycles. The standard InChI is InChI=1S/C14H16BrNO/c1-10-4-2-5-11(14(10)17)9-16-13-7-3-6-12(15)8-13/h3,6-10,16H,2,4-5H2,1H3/b11-9-/t10-/m1/s1. The molecule has 0 saturated heterocycles. The van der Waals surface area contributed by atoms with E-state index in [4.69, 9.17) is 0 Å². The highest BCUT2D eigenvalue weighted by Crippen LogP contribution is 2.25. The Kier molecular flexibility index (Phi) is 4.00. The van der Waals surface area contributed by atoms with Crippen molar-refractivity contribution in [1.82, 2.24) is 0 Å². The predicted octanol–water partition coefficient (Wildman–Crippen LogP) is 4.13. The largest absolute Gasteiger partial charge is 0.361 e. The lowest BCUT2D eigenvalue weighted by molar-refractivity contribution is -0.119. The Morgan fingerprint density at radius 2 is 2.29 bits per heavy atom. The summed E-state index contributed by atoms with van der Waals surface area (Å²) in [5.41, 5.74) is 1.92. The van der Waals surface area contributed by atoms with E-state index < -0.39 is 0 Å². The lowest BCUT2D eigenvalue weighted by Gasteiger charge is -2.19. The molecule has 1 atom stereocenters. The summed E-state index contributed by atoms with van der Waals surface area (Å²) in [6.45, 7) is 2.01. The molecule has 3 heteroatoms. The Balaban J connectivity index is 2.07. The van der Waals surface area contributed by atoms with Crippen LogP contribution in [0.2, 0.25) is 0 Å². The first kappa shape index (κ1) is 12.4. The number of benzene rings is 1. The fourth-order valence-corrected chi connectivity index (χ4v) is 2.46. The van der Waals surface area contributed by atoms with E-state index in [1.807, 2.05) is 37.4 Å². The van der Waals surface area contributed by atoms with Crippen molar-refractivity contribution in [3.05, 3.63) is 40.5 Å². The van der Waals surface area contributed by atoms with Crippen molar-refractivity contribution in [1.29, 1.82) is 0 Å². The summed E-state index contributed by atoms with van der Waals surface area (Å²) in [6, 6.07) is 7.93. The zero-order chi connectivity index (χ0) is 12.3. The molecule has 90 valence electrons. The molecular weight excluding hydrogens is 278 g/mol. The van der Waals surface area contributed by atoms with Gasteiger partial charge in [-0.05, 0) is 37.5 Å². The number of allylic oxidation sites excluding steroid dienone is 1. The lowest BCUT2D eigenvalue weighted by Crippen LogP contribution is -2.19. The van der Waals surface area contributed by atoms with Gasteiger partial charge in [-0.15, -0.1) is 0 Å². The average Bonchev–Trinajstić information content (AvgIpc) is 2.31. The second-order valence-electron chi connectivity index (χ2n) is 4.48. The molecule has 2 rings (SSSR count). The smallest absolute Gasteiger partial charge is 0.163 e. The quantitative estimate of drug-likeness (QED) is 0.831. The Hall–Kier alpha value is -1.09. The Morgan fingerprint density at radius 1 is 1.47 bits per heavy atom. The molecule has 1 aliphatic rings. The molecule has 0 heterocycles. The fraction of sp³-hybridized carbons (Fsp3) is 0.357. The van der Waals surface area contributed by atoms with Gasteiger partial charge in [0, 0.05) is 27.9 Å². The van der Waals surface area contributed by atoms with Gasteiger partial charge in [0.25, 0.3) is 0 Å². The van der Waals surface area contributed by atoms with Crippen molar-refractivity contribution in [2.24, 2.45) is 5.92 Å². The van der Waals surface area contributed by atoms with Crippen LogP contribution in [0.4, 0.5) is 5.69 Å². The number of rotatable bonds is 2. The zero-order valence-corrected chi connectivity index (χ0v) is 11.5. The van der Waals surface area contributed by atoms with Crippen LogP contribution in [0.1, 0.15) is 26.2 Å². The Bertz CT molecular complexity index is 453. The van der Waals surface area contributed by atoms with Crippen LogP contribution in [0, 0.1) is 5.92 Å². The van der Waals surface area contributed by atoms with Crippen LogP contribution in [-0.2, 0) is 4.79 Å². The van der Waals surface area contributed by atoms with Crippen LogP contribution in [0.15, 0.2) is 40.5 Å². The lowest BCUT2D eigenvalue weighted by atomic mass is 9.86. The number of hydrogen-bond acceptors (Lipinski definition) is 2. The maximum Gasteiger partial charge on any atom is 0.163 e. The van der Waals surface area contributed by atoms with Gasteiger partial charge in [-0.2, -0.15) is 0 Å². The minimum Gasteiger partial charge on any atom is -0.361 e. The maximum atomic E-state index is 11.9. The van der Waals surface area contributed by atoms with E-state index in [1.165, 1.54) is 0 Å². The molecule has 1 aromatic carbocycles. The molecule has 17 heavy (non-hydrogen) atoms. The molecule has 0 amide bonds. The van der Waals surface area contributed by atoms with Gasteiger partial charge in [0.1, 0.15) is 0 Å². The normalized spacial score (nSPS) is 22.8.